The maximum Gasteiger partial charge on any atom is 0.197 e. The Morgan fingerprint density at radius 3 is 2.30 bits per heavy atom. The molecule has 0 fully saturated rings. The molecule has 2 aromatic carbocycles. The highest BCUT2D eigenvalue weighted by Gasteiger charge is 2.17. The van der Waals surface area contributed by atoms with Crippen molar-refractivity contribution >= 4 is 65.2 Å². The highest BCUT2D eigenvalue weighted by atomic mass is 79.9. The van der Waals surface area contributed by atoms with Crippen LogP contribution in [0, 0.1) is 5.82 Å². The average molecular weight is 485 g/mol. The number of benzene rings is 2. The Morgan fingerprint density at radius 2 is 1.75 bits per heavy atom. The van der Waals surface area contributed by atoms with Gasteiger partial charge >= 0.3 is 0 Å². The standard InChI is InChI=1S/C14H7Br3ClFO/c15-11-5-7(14(16)17)1-3-9(11)13(20)10-4-2-8(18)6-12(10)19/h1-6,14H. The second kappa shape index (κ2) is 6.69. The van der Waals surface area contributed by atoms with E-state index in [0.29, 0.717) is 10.0 Å². The zero-order chi connectivity index (χ0) is 14.9. The van der Waals surface area contributed by atoms with Crippen LogP contribution in [-0.4, -0.2) is 5.78 Å². The Morgan fingerprint density at radius 1 is 1.10 bits per heavy atom. The smallest absolute Gasteiger partial charge is 0.197 e. The summed E-state index contributed by atoms with van der Waals surface area (Å²) in [4.78, 5) is 12.3. The maximum absolute atomic E-state index is 13.8. The van der Waals surface area contributed by atoms with Crippen LogP contribution in [0.2, 0.25) is 5.02 Å². The second-order valence-electron chi connectivity index (χ2n) is 3.99. The van der Waals surface area contributed by atoms with Crippen molar-refractivity contribution in [1.29, 1.82) is 0 Å². The molecule has 2 aromatic rings. The molecule has 1 nitrogen and oxygen atoms in total. The minimum absolute atomic E-state index is 0.00270. The van der Waals surface area contributed by atoms with Gasteiger partial charge in [-0.1, -0.05) is 65.5 Å². The Balaban J connectivity index is 2.43. The van der Waals surface area contributed by atoms with Crippen molar-refractivity contribution in [3.63, 3.8) is 0 Å². The van der Waals surface area contributed by atoms with Crippen molar-refractivity contribution in [2.24, 2.45) is 0 Å². The molecule has 0 saturated heterocycles. The molecule has 0 aliphatic heterocycles. The molecule has 20 heavy (non-hydrogen) atoms. The highest BCUT2D eigenvalue weighted by molar-refractivity contribution is 9.24. The van der Waals surface area contributed by atoms with E-state index in [1.807, 2.05) is 0 Å². The molecule has 0 saturated carbocycles. The van der Waals surface area contributed by atoms with Gasteiger partial charge in [-0.3, -0.25) is 4.79 Å². The van der Waals surface area contributed by atoms with Gasteiger partial charge in [0.2, 0.25) is 0 Å². The van der Waals surface area contributed by atoms with Crippen molar-refractivity contribution in [2.75, 3.05) is 0 Å². The van der Waals surface area contributed by atoms with Gasteiger partial charge in [-0.05, 0) is 35.9 Å². The van der Waals surface area contributed by atoms with E-state index < -0.39 is 11.6 Å². The van der Waals surface area contributed by atoms with Crippen LogP contribution < -0.4 is 0 Å². The number of hydrogen-bond acceptors (Lipinski definition) is 1. The Hall–Kier alpha value is -0.230. The molecule has 0 radical (unpaired) electrons. The number of carbonyl (C=O) groups is 1. The van der Waals surface area contributed by atoms with Gasteiger partial charge in [0.05, 0.1) is 9.30 Å². The monoisotopic (exact) mass is 482 g/mol. The SMILES string of the molecule is O=C(c1ccc(Cl)cc1F)c1ccc(C(Br)Br)cc1Br. The zero-order valence-electron chi connectivity index (χ0n) is 9.84. The van der Waals surface area contributed by atoms with E-state index in [0.717, 1.165) is 11.6 Å². The van der Waals surface area contributed by atoms with Crippen molar-refractivity contribution < 1.29 is 9.18 Å². The lowest BCUT2D eigenvalue weighted by atomic mass is 10.0. The summed E-state index contributed by atoms with van der Waals surface area (Å²) >= 11 is 15.8. The number of rotatable bonds is 3. The van der Waals surface area contributed by atoms with Gasteiger partial charge in [-0.25, -0.2) is 4.39 Å². The molecule has 0 unspecified atom stereocenters. The molecule has 0 aromatic heterocycles. The van der Waals surface area contributed by atoms with Crippen LogP contribution in [0.3, 0.4) is 0 Å². The first-order chi connectivity index (χ1) is 9.40. The van der Waals surface area contributed by atoms with Gasteiger partial charge in [0.15, 0.2) is 5.78 Å². The van der Waals surface area contributed by atoms with Gasteiger partial charge < -0.3 is 0 Å². The normalized spacial score (nSPS) is 10.9. The first-order valence-electron chi connectivity index (χ1n) is 5.47. The van der Waals surface area contributed by atoms with Gasteiger partial charge in [0.25, 0.3) is 0 Å². The summed E-state index contributed by atoms with van der Waals surface area (Å²) in [6, 6.07) is 9.26. The van der Waals surface area contributed by atoms with Crippen LogP contribution in [-0.2, 0) is 0 Å². The third-order valence-electron chi connectivity index (χ3n) is 2.67. The van der Waals surface area contributed by atoms with Crippen molar-refractivity contribution in [3.05, 3.63) is 68.4 Å². The second-order valence-corrected chi connectivity index (χ2v) is 8.34. The molecule has 0 N–H and O–H groups in total. The Kier molecular flexibility index (Phi) is 5.40. The molecule has 0 aliphatic carbocycles. The quantitative estimate of drug-likeness (QED) is 0.371. The lowest BCUT2D eigenvalue weighted by Crippen LogP contribution is -2.05. The molecule has 6 heteroatoms. The van der Waals surface area contributed by atoms with Gasteiger partial charge in [-0.2, -0.15) is 0 Å². The number of ketones is 1. The minimum Gasteiger partial charge on any atom is -0.288 e. The fraction of sp³-hybridized carbons (Fsp3) is 0.0714. The number of hydrogen-bond donors (Lipinski definition) is 0. The molecule has 0 spiro atoms. The Bertz CT molecular complexity index is 673. The number of alkyl halides is 2. The van der Waals surface area contributed by atoms with Crippen molar-refractivity contribution in [1.82, 2.24) is 0 Å². The minimum atomic E-state index is -0.627. The van der Waals surface area contributed by atoms with Gasteiger partial charge in [0, 0.05) is 15.1 Å². The summed E-state index contributed by atoms with van der Waals surface area (Å²) in [5, 5.41) is 0.259. The summed E-state index contributed by atoms with van der Waals surface area (Å²) < 4.78 is 14.4. The fourth-order valence-electron chi connectivity index (χ4n) is 1.67. The predicted molar refractivity (Wildman–Crippen MR) is 89.6 cm³/mol. The van der Waals surface area contributed by atoms with E-state index >= 15 is 0 Å². The molecular formula is C14H7Br3ClFO. The van der Waals surface area contributed by atoms with E-state index in [-0.39, 0.29) is 14.3 Å². The molecule has 0 bridgehead atoms. The Labute approximate surface area is 145 Å². The molecule has 0 heterocycles. The summed E-state index contributed by atoms with van der Waals surface area (Å²) in [5.41, 5.74) is 1.35. The van der Waals surface area contributed by atoms with Crippen LogP contribution in [0.5, 0.6) is 0 Å². The lowest BCUT2D eigenvalue weighted by Gasteiger charge is -2.08. The van der Waals surface area contributed by atoms with Crippen LogP contribution in [0.25, 0.3) is 0 Å². The summed E-state index contributed by atoms with van der Waals surface area (Å²) in [7, 11) is 0. The van der Waals surface area contributed by atoms with Gasteiger partial charge in [0.1, 0.15) is 5.82 Å². The van der Waals surface area contributed by atoms with E-state index in [4.69, 9.17) is 11.6 Å². The maximum atomic E-state index is 13.8. The van der Waals surface area contributed by atoms with Crippen molar-refractivity contribution in [2.45, 2.75) is 3.74 Å². The third kappa shape index (κ3) is 3.50. The van der Waals surface area contributed by atoms with Crippen LogP contribution in [0.4, 0.5) is 4.39 Å². The molecular weight excluding hydrogens is 478 g/mol. The van der Waals surface area contributed by atoms with Crippen molar-refractivity contribution in [3.8, 4) is 0 Å². The van der Waals surface area contributed by atoms with Gasteiger partial charge in [-0.15, -0.1) is 0 Å². The van der Waals surface area contributed by atoms with E-state index in [1.165, 1.54) is 12.1 Å². The average Bonchev–Trinajstić information content (AvgIpc) is 2.37. The summed E-state index contributed by atoms with van der Waals surface area (Å²) in [6.07, 6.45) is 0. The predicted octanol–water partition coefficient (Wildman–Crippen LogP) is 6.26. The highest BCUT2D eigenvalue weighted by Crippen LogP contribution is 2.32. The topological polar surface area (TPSA) is 17.1 Å². The van der Waals surface area contributed by atoms with Crippen LogP contribution in [0.15, 0.2) is 40.9 Å². The first kappa shape index (κ1) is 16.1. The molecule has 2 rings (SSSR count). The first-order valence-corrected chi connectivity index (χ1v) is 8.47. The molecule has 0 amide bonds. The summed E-state index contributed by atoms with van der Waals surface area (Å²) in [6.45, 7) is 0. The van der Waals surface area contributed by atoms with E-state index in [2.05, 4.69) is 47.8 Å². The zero-order valence-corrected chi connectivity index (χ0v) is 15.4. The molecule has 0 atom stereocenters. The molecule has 0 aliphatic rings. The third-order valence-corrected chi connectivity index (χ3v) is 4.61. The fourth-order valence-corrected chi connectivity index (χ4v) is 2.97. The summed E-state index contributed by atoms with van der Waals surface area (Å²) in [5.74, 6) is -1.02. The lowest BCUT2D eigenvalue weighted by molar-refractivity contribution is 0.103. The van der Waals surface area contributed by atoms with Crippen LogP contribution in [0.1, 0.15) is 25.2 Å². The largest absolute Gasteiger partial charge is 0.288 e. The number of halogens is 5. The van der Waals surface area contributed by atoms with Crippen LogP contribution >= 0.6 is 59.4 Å². The molecule has 104 valence electrons. The number of carbonyl (C=O) groups excluding carboxylic acids is 1. The van der Waals surface area contributed by atoms with E-state index in [1.54, 1.807) is 18.2 Å². The van der Waals surface area contributed by atoms with E-state index in [9.17, 15) is 9.18 Å².